The predicted octanol–water partition coefficient (Wildman–Crippen LogP) is 1.58. The summed E-state index contributed by atoms with van der Waals surface area (Å²) in [6.07, 6.45) is 2.79. The van der Waals surface area contributed by atoms with Gasteiger partial charge in [0.05, 0.1) is 17.8 Å². The molecule has 0 bridgehead atoms. The third kappa shape index (κ3) is 1.92. The van der Waals surface area contributed by atoms with Crippen molar-refractivity contribution in [2.24, 2.45) is 0 Å². The Morgan fingerprint density at radius 1 is 1.60 bits per heavy atom. The molecule has 0 radical (unpaired) electrons. The maximum atomic E-state index is 13.7. The molecule has 1 aromatic heterocycles. The van der Waals surface area contributed by atoms with E-state index in [1.807, 2.05) is 0 Å². The van der Waals surface area contributed by atoms with Gasteiger partial charge < -0.3 is 4.74 Å². The van der Waals surface area contributed by atoms with Crippen molar-refractivity contribution in [2.45, 2.75) is 25.8 Å². The molecule has 0 spiro atoms. The third-order valence-electron chi connectivity index (χ3n) is 2.65. The largest absolute Gasteiger partial charge is 0.381 e. The minimum absolute atomic E-state index is 0.0202. The first-order chi connectivity index (χ1) is 7.20. The second-order valence-electron chi connectivity index (χ2n) is 3.69. The Bertz CT molecular complexity index is 369. The molecular formula is C10H13FN2O2. The minimum Gasteiger partial charge on any atom is -0.381 e. The summed E-state index contributed by atoms with van der Waals surface area (Å²) in [7, 11) is 0. The molecule has 1 aliphatic heterocycles. The Morgan fingerprint density at radius 2 is 2.27 bits per heavy atom. The summed E-state index contributed by atoms with van der Waals surface area (Å²) in [5.74, 6) is -0.805. The Labute approximate surface area is 87.0 Å². The van der Waals surface area contributed by atoms with Crippen molar-refractivity contribution >= 4 is 5.78 Å². The lowest BCUT2D eigenvalue weighted by Crippen LogP contribution is -2.21. The number of halogens is 1. The molecule has 1 aliphatic rings. The summed E-state index contributed by atoms with van der Waals surface area (Å²) < 4.78 is 20.2. The summed E-state index contributed by atoms with van der Waals surface area (Å²) in [5, 5.41) is 3.93. The number of carbonyl (C=O) groups excluding carboxylic acids is 1. The van der Waals surface area contributed by atoms with Gasteiger partial charge >= 0.3 is 0 Å². The fourth-order valence-corrected chi connectivity index (χ4v) is 1.77. The van der Waals surface area contributed by atoms with Crippen molar-refractivity contribution in [1.82, 2.24) is 9.78 Å². The van der Waals surface area contributed by atoms with Crippen LogP contribution in [0.25, 0.3) is 0 Å². The summed E-state index contributed by atoms with van der Waals surface area (Å²) >= 11 is 0. The van der Waals surface area contributed by atoms with Gasteiger partial charge in [-0.1, -0.05) is 0 Å². The zero-order chi connectivity index (χ0) is 10.8. The van der Waals surface area contributed by atoms with Gasteiger partial charge in [-0.15, -0.1) is 0 Å². The normalized spacial score (nSPS) is 18.0. The summed E-state index contributed by atoms with van der Waals surface area (Å²) in [6, 6.07) is 0.0202. The van der Waals surface area contributed by atoms with E-state index >= 15 is 0 Å². The Balaban J connectivity index is 2.24. The van der Waals surface area contributed by atoms with Gasteiger partial charge in [0.2, 0.25) is 5.95 Å². The van der Waals surface area contributed by atoms with Crippen LogP contribution in [0.3, 0.4) is 0 Å². The lowest BCUT2D eigenvalue weighted by atomic mass is 10.1. The molecule has 1 fully saturated rings. The number of Topliss-reactive ketones (excluding diaryl/α,β-unsaturated/α-hetero) is 1. The predicted molar refractivity (Wildman–Crippen MR) is 51.3 cm³/mol. The van der Waals surface area contributed by atoms with Gasteiger partial charge in [-0.05, 0) is 19.8 Å². The van der Waals surface area contributed by atoms with Gasteiger partial charge in [0.25, 0.3) is 0 Å². The van der Waals surface area contributed by atoms with Gasteiger partial charge in [-0.2, -0.15) is 9.49 Å². The summed E-state index contributed by atoms with van der Waals surface area (Å²) in [4.78, 5) is 11.0. The number of hydrogen-bond acceptors (Lipinski definition) is 3. The minimum atomic E-state index is -0.519. The van der Waals surface area contributed by atoms with E-state index in [0.29, 0.717) is 13.2 Å². The molecule has 82 valence electrons. The number of aromatic nitrogens is 2. The van der Waals surface area contributed by atoms with E-state index in [2.05, 4.69) is 5.10 Å². The van der Waals surface area contributed by atoms with E-state index in [4.69, 9.17) is 4.74 Å². The zero-order valence-electron chi connectivity index (χ0n) is 8.57. The highest BCUT2D eigenvalue weighted by Gasteiger charge is 2.22. The topological polar surface area (TPSA) is 44.1 Å². The molecule has 2 heterocycles. The van der Waals surface area contributed by atoms with E-state index < -0.39 is 5.95 Å². The average Bonchev–Trinajstić information content (AvgIpc) is 2.61. The second-order valence-corrected chi connectivity index (χ2v) is 3.69. The smallest absolute Gasteiger partial charge is 0.222 e. The Kier molecular flexibility index (Phi) is 2.81. The molecule has 1 aromatic rings. The van der Waals surface area contributed by atoms with E-state index in [1.54, 1.807) is 0 Å². The van der Waals surface area contributed by atoms with Crippen molar-refractivity contribution in [2.75, 3.05) is 13.2 Å². The van der Waals surface area contributed by atoms with Gasteiger partial charge in [0.15, 0.2) is 5.78 Å². The molecular weight excluding hydrogens is 199 g/mol. The van der Waals surface area contributed by atoms with Gasteiger partial charge in [-0.25, -0.2) is 4.68 Å². The first-order valence-electron chi connectivity index (χ1n) is 5.02. The molecule has 5 heteroatoms. The van der Waals surface area contributed by atoms with Crippen LogP contribution < -0.4 is 0 Å². The fraction of sp³-hybridized carbons (Fsp3) is 0.600. The monoisotopic (exact) mass is 212 g/mol. The van der Waals surface area contributed by atoms with Gasteiger partial charge in [0.1, 0.15) is 0 Å². The third-order valence-corrected chi connectivity index (χ3v) is 2.65. The molecule has 0 aromatic carbocycles. The molecule has 2 rings (SSSR count). The highest BCUT2D eigenvalue weighted by atomic mass is 19.1. The molecule has 0 atom stereocenters. The van der Waals surface area contributed by atoms with Gasteiger partial charge in [-0.3, -0.25) is 4.79 Å². The number of ketones is 1. The highest BCUT2D eigenvalue weighted by Crippen LogP contribution is 2.22. The molecule has 0 unspecified atom stereocenters. The maximum absolute atomic E-state index is 13.7. The molecule has 0 saturated carbocycles. The fourth-order valence-electron chi connectivity index (χ4n) is 1.77. The SMILES string of the molecule is CC(=O)c1cnn(C2CCOCC2)c1F. The number of nitrogens with zero attached hydrogens (tertiary/aromatic N) is 2. The van der Waals surface area contributed by atoms with Gasteiger partial charge in [0, 0.05) is 13.2 Å². The van der Waals surface area contributed by atoms with E-state index in [9.17, 15) is 9.18 Å². The van der Waals surface area contributed by atoms with Crippen molar-refractivity contribution in [1.29, 1.82) is 0 Å². The van der Waals surface area contributed by atoms with Crippen molar-refractivity contribution in [3.8, 4) is 0 Å². The number of rotatable bonds is 2. The first-order valence-corrected chi connectivity index (χ1v) is 5.02. The van der Waals surface area contributed by atoms with Crippen LogP contribution in [0, 0.1) is 5.95 Å². The van der Waals surface area contributed by atoms with Crippen molar-refractivity contribution < 1.29 is 13.9 Å². The van der Waals surface area contributed by atoms with Crippen LogP contribution >= 0.6 is 0 Å². The maximum Gasteiger partial charge on any atom is 0.222 e. The number of hydrogen-bond donors (Lipinski definition) is 0. The molecule has 0 N–H and O–H groups in total. The van der Waals surface area contributed by atoms with Crippen LogP contribution in [-0.4, -0.2) is 28.8 Å². The summed E-state index contributed by atoms with van der Waals surface area (Å²) in [6.45, 7) is 2.59. The molecule has 1 saturated heterocycles. The van der Waals surface area contributed by atoms with Crippen LogP contribution in [0.15, 0.2) is 6.20 Å². The van der Waals surface area contributed by atoms with Crippen LogP contribution in [0.4, 0.5) is 4.39 Å². The average molecular weight is 212 g/mol. The van der Waals surface area contributed by atoms with E-state index in [1.165, 1.54) is 17.8 Å². The number of ether oxygens (including phenoxy) is 1. The zero-order valence-corrected chi connectivity index (χ0v) is 8.57. The lowest BCUT2D eigenvalue weighted by Gasteiger charge is -2.22. The van der Waals surface area contributed by atoms with Crippen LogP contribution in [0.1, 0.15) is 36.2 Å². The second kappa shape index (κ2) is 4.10. The standard InChI is InChI=1S/C10H13FN2O2/c1-7(14)9-6-12-13(10(9)11)8-2-4-15-5-3-8/h6,8H,2-5H2,1H3. The van der Waals surface area contributed by atoms with Crippen LogP contribution in [-0.2, 0) is 4.74 Å². The van der Waals surface area contributed by atoms with Crippen molar-refractivity contribution in [3.63, 3.8) is 0 Å². The Morgan fingerprint density at radius 3 is 2.80 bits per heavy atom. The van der Waals surface area contributed by atoms with E-state index in [0.717, 1.165) is 12.8 Å². The quantitative estimate of drug-likeness (QED) is 0.699. The summed E-state index contributed by atoms with van der Waals surface area (Å²) in [5.41, 5.74) is 0.0708. The first kappa shape index (κ1) is 10.3. The molecule has 4 nitrogen and oxygen atoms in total. The highest BCUT2D eigenvalue weighted by molar-refractivity contribution is 5.93. The molecule has 0 aliphatic carbocycles. The van der Waals surface area contributed by atoms with Crippen LogP contribution in [0.2, 0.25) is 0 Å². The van der Waals surface area contributed by atoms with E-state index in [-0.39, 0.29) is 17.4 Å². The van der Waals surface area contributed by atoms with Crippen molar-refractivity contribution in [3.05, 3.63) is 17.7 Å². The molecule has 0 amide bonds. The Hall–Kier alpha value is -1.23. The van der Waals surface area contributed by atoms with Crippen LogP contribution in [0.5, 0.6) is 0 Å². The lowest BCUT2D eigenvalue weighted by molar-refractivity contribution is 0.0626. The molecule has 15 heavy (non-hydrogen) atoms. The number of carbonyl (C=O) groups is 1.